The van der Waals surface area contributed by atoms with Gasteiger partial charge in [0.1, 0.15) is 11.4 Å². The molecule has 4 rings (SSSR count). The minimum atomic E-state index is -0.498. The summed E-state index contributed by atoms with van der Waals surface area (Å²) in [6, 6.07) is 7.49. The van der Waals surface area contributed by atoms with Gasteiger partial charge in [0.25, 0.3) is 0 Å². The number of aliphatic imine (C=N–C) groups is 1. The predicted octanol–water partition coefficient (Wildman–Crippen LogP) is 3.31. The highest BCUT2D eigenvalue weighted by Gasteiger charge is 2.40. The molecular formula is C21H23N3O3. The highest BCUT2D eigenvalue weighted by Crippen LogP contribution is 2.43. The van der Waals surface area contributed by atoms with Crippen LogP contribution in [0.15, 0.2) is 52.7 Å². The summed E-state index contributed by atoms with van der Waals surface area (Å²) < 4.78 is 5.21. The molecule has 140 valence electrons. The molecule has 0 unspecified atom stereocenters. The van der Waals surface area contributed by atoms with Crippen LogP contribution >= 0.6 is 0 Å². The van der Waals surface area contributed by atoms with E-state index in [2.05, 4.69) is 27.8 Å². The molecule has 0 saturated heterocycles. The normalized spacial score (nSPS) is 25.4. The van der Waals surface area contributed by atoms with Gasteiger partial charge >= 0.3 is 5.97 Å². The first kappa shape index (κ1) is 17.5. The average molecular weight is 365 g/mol. The summed E-state index contributed by atoms with van der Waals surface area (Å²) in [6.45, 7) is 3.79. The molecule has 1 aromatic rings. The summed E-state index contributed by atoms with van der Waals surface area (Å²) in [7, 11) is 0. The molecule has 27 heavy (non-hydrogen) atoms. The quantitative estimate of drug-likeness (QED) is 0.636. The van der Waals surface area contributed by atoms with Crippen molar-refractivity contribution in [3.8, 4) is 0 Å². The molecule has 0 aromatic heterocycles. The Morgan fingerprint density at radius 1 is 1.26 bits per heavy atom. The molecule has 1 fully saturated rings. The van der Waals surface area contributed by atoms with E-state index in [1.54, 1.807) is 13.8 Å². The molecule has 3 atom stereocenters. The first-order valence-corrected chi connectivity index (χ1v) is 9.39. The van der Waals surface area contributed by atoms with Crippen LogP contribution in [0.2, 0.25) is 0 Å². The number of ether oxygens (including phenoxy) is 1. The monoisotopic (exact) mass is 365 g/mol. The number of nitrogens with one attached hydrogen (secondary N) is 2. The van der Waals surface area contributed by atoms with E-state index in [1.807, 2.05) is 24.3 Å². The molecule has 0 spiro atoms. The van der Waals surface area contributed by atoms with Crippen LogP contribution in [0, 0.1) is 17.8 Å². The van der Waals surface area contributed by atoms with Crippen LogP contribution < -0.4 is 10.6 Å². The Balaban J connectivity index is 1.68. The predicted molar refractivity (Wildman–Crippen MR) is 103 cm³/mol. The lowest BCUT2D eigenvalue weighted by molar-refractivity contribution is -0.137. The zero-order chi connectivity index (χ0) is 19.0. The molecule has 2 N–H and O–H groups in total. The molecule has 1 aliphatic heterocycles. The van der Waals surface area contributed by atoms with E-state index in [-0.39, 0.29) is 35.8 Å². The van der Waals surface area contributed by atoms with Crippen LogP contribution in [0.25, 0.3) is 0 Å². The number of amides is 1. The van der Waals surface area contributed by atoms with Gasteiger partial charge < -0.3 is 15.4 Å². The van der Waals surface area contributed by atoms with E-state index >= 15 is 0 Å². The molecular weight excluding hydrogens is 342 g/mol. The first-order valence-electron chi connectivity index (χ1n) is 9.39. The Kier molecular flexibility index (Phi) is 4.56. The van der Waals surface area contributed by atoms with Gasteiger partial charge in [0.15, 0.2) is 0 Å². The molecule has 1 aromatic carbocycles. The number of nitrogens with zero attached hydrogens (tertiary/aromatic N) is 1. The largest absolute Gasteiger partial charge is 0.462 e. The first-order chi connectivity index (χ1) is 13.1. The fourth-order valence-corrected chi connectivity index (χ4v) is 4.13. The maximum atomic E-state index is 12.9. The third-order valence-electron chi connectivity index (χ3n) is 5.41. The number of carbonyl (C=O) groups excluding carboxylic acids is 2. The second kappa shape index (κ2) is 7.02. The van der Waals surface area contributed by atoms with Crippen LogP contribution in [0.5, 0.6) is 0 Å². The maximum absolute atomic E-state index is 12.9. The minimum Gasteiger partial charge on any atom is -0.462 e. The van der Waals surface area contributed by atoms with Crippen molar-refractivity contribution in [2.45, 2.75) is 26.7 Å². The molecule has 0 radical (unpaired) electrons. The Morgan fingerprint density at radius 2 is 2.07 bits per heavy atom. The van der Waals surface area contributed by atoms with Crippen LogP contribution in [-0.4, -0.2) is 24.3 Å². The lowest BCUT2D eigenvalue weighted by Crippen LogP contribution is -2.40. The summed E-state index contributed by atoms with van der Waals surface area (Å²) in [5, 5.41) is 6.14. The standard InChI is InChI=1S/C21H23N3O3/c1-3-27-21(26)18-12(2)22-16-6-4-5-7-17(16)23-19(18)24-20(25)15-11-13-8-9-14(15)10-13/h4-9,13-15,22H,3,10-11H2,1-2H3,(H,23,24,25)/t13-,14+,15-/m1/s1. The van der Waals surface area contributed by atoms with E-state index in [9.17, 15) is 9.59 Å². The topological polar surface area (TPSA) is 79.8 Å². The summed E-state index contributed by atoms with van der Waals surface area (Å²) >= 11 is 0. The molecule has 1 saturated carbocycles. The summed E-state index contributed by atoms with van der Waals surface area (Å²) in [5.41, 5.74) is 2.31. The number of rotatable bonds is 3. The number of benzene rings is 1. The van der Waals surface area contributed by atoms with E-state index < -0.39 is 5.97 Å². The van der Waals surface area contributed by atoms with Crippen molar-refractivity contribution < 1.29 is 14.3 Å². The van der Waals surface area contributed by atoms with Gasteiger partial charge in [-0.25, -0.2) is 9.79 Å². The molecule has 6 nitrogen and oxygen atoms in total. The Hall–Kier alpha value is -2.89. The van der Waals surface area contributed by atoms with Crippen LogP contribution in [0.4, 0.5) is 11.4 Å². The third-order valence-corrected chi connectivity index (χ3v) is 5.41. The smallest absolute Gasteiger partial charge is 0.343 e. The number of carbonyl (C=O) groups is 2. The lowest BCUT2D eigenvalue weighted by atomic mass is 9.92. The van der Waals surface area contributed by atoms with Crippen molar-refractivity contribution in [3.05, 3.63) is 47.7 Å². The molecule has 2 aliphatic carbocycles. The number of para-hydroxylation sites is 2. The van der Waals surface area contributed by atoms with E-state index in [1.165, 1.54) is 0 Å². The Morgan fingerprint density at radius 3 is 2.78 bits per heavy atom. The Labute approximate surface area is 158 Å². The van der Waals surface area contributed by atoms with Gasteiger partial charge in [-0.3, -0.25) is 4.79 Å². The van der Waals surface area contributed by atoms with E-state index in [0.29, 0.717) is 17.3 Å². The SMILES string of the molecule is CCOC(=O)C1=C(C)Nc2ccccc2N=C1NC(=O)[C@@H]1C[C@@H]2C=C[C@H]1C2. The van der Waals surface area contributed by atoms with Crippen molar-refractivity contribution >= 4 is 29.1 Å². The number of allylic oxidation sites excluding steroid dienone is 3. The summed E-state index contributed by atoms with van der Waals surface area (Å²) in [6.07, 6.45) is 6.23. The second-order valence-electron chi connectivity index (χ2n) is 7.20. The average Bonchev–Trinajstić information content (AvgIpc) is 3.23. The van der Waals surface area contributed by atoms with Gasteiger partial charge in [-0.15, -0.1) is 0 Å². The zero-order valence-corrected chi connectivity index (χ0v) is 15.5. The van der Waals surface area contributed by atoms with E-state index in [0.717, 1.165) is 18.5 Å². The van der Waals surface area contributed by atoms with Gasteiger partial charge in [0, 0.05) is 11.6 Å². The van der Waals surface area contributed by atoms with E-state index in [4.69, 9.17) is 4.74 Å². The van der Waals surface area contributed by atoms with Crippen molar-refractivity contribution in [2.24, 2.45) is 22.7 Å². The Bertz CT molecular complexity index is 884. The van der Waals surface area contributed by atoms with Crippen molar-refractivity contribution in [3.63, 3.8) is 0 Å². The zero-order valence-electron chi connectivity index (χ0n) is 15.5. The van der Waals surface area contributed by atoms with Crippen LogP contribution in [-0.2, 0) is 14.3 Å². The van der Waals surface area contributed by atoms with Gasteiger partial charge in [0.2, 0.25) is 5.91 Å². The van der Waals surface area contributed by atoms with Gasteiger partial charge in [-0.1, -0.05) is 24.3 Å². The van der Waals surface area contributed by atoms with Gasteiger partial charge in [-0.2, -0.15) is 0 Å². The van der Waals surface area contributed by atoms with Crippen molar-refractivity contribution in [1.29, 1.82) is 0 Å². The van der Waals surface area contributed by atoms with Gasteiger partial charge in [-0.05, 0) is 50.7 Å². The van der Waals surface area contributed by atoms with Gasteiger partial charge in [0.05, 0.1) is 18.0 Å². The number of fused-ring (bicyclic) bond motifs is 3. The van der Waals surface area contributed by atoms with Crippen molar-refractivity contribution in [2.75, 3.05) is 11.9 Å². The molecule has 6 heteroatoms. The summed E-state index contributed by atoms with van der Waals surface area (Å²) in [4.78, 5) is 30.1. The maximum Gasteiger partial charge on any atom is 0.343 e. The second-order valence-corrected chi connectivity index (χ2v) is 7.20. The summed E-state index contributed by atoms with van der Waals surface area (Å²) in [5.74, 6) is 0.369. The molecule has 1 amide bonds. The number of hydrogen-bond acceptors (Lipinski definition) is 5. The highest BCUT2D eigenvalue weighted by atomic mass is 16.5. The number of anilines is 1. The lowest BCUT2D eigenvalue weighted by Gasteiger charge is -2.19. The molecule has 3 aliphatic rings. The fraction of sp³-hybridized carbons (Fsp3) is 0.381. The number of esters is 1. The number of hydrogen-bond donors (Lipinski definition) is 2. The molecule has 2 bridgehead atoms. The van der Waals surface area contributed by atoms with Crippen LogP contribution in [0.1, 0.15) is 26.7 Å². The molecule has 1 heterocycles. The fourth-order valence-electron chi connectivity index (χ4n) is 4.13. The minimum absolute atomic E-state index is 0.0714. The van der Waals surface area contributed by atoms with Crippen molar-refractivity contribution in [1.82, 2.24) is 5.32 Å². The third kappa shape index (κ3) is 3.27. The van der Waals surface area contributed by atoms with Crippen LogP contribution in [0.3, 0.4) is 0 Å². The highest BCUT2D eigenvalue weighted by molar-refractivity contribution is 6.24. The number of amidine groups is 1.